The summed E-state index contributed by atoms with van der Waals surface area (Å²) in [5, 5.41) is 11.8. The van der Waals surface area contributed by atoms with Gasteiger partial charge in [-0.15, -0.1) is 0 Å². The second-order valence-electron chi connectivity index (χ2n) is 5.12. The van der Waals surface area contributed by atoms with E-state index in [-0.39, 0.29) is 24.4 Å². The minimum atomic E-state index is -0.843. The number of carboxylic acids is 1. The highest BCUT2D eigenvalue weighted by atomic mass is 16.4. The van der Waals surface area contributed by atoms with Crippen LogP contribution in [0, 0.1) is 11.8 Å². The van der Waals surface area contributed by atoms with Gasteiger partial charge in [-0.05, 0) is 19.3 Å². The summed E-state index contributed by atoms with van der Waals surface area (Å²) >= 11 is 0. The summed E-state index contributed by atoms with van der Waals surface area (Å²) in [6, 6.07) is -0.0757. The van der Waals surface area contributed by atoms with Gasteiger partial charge >= 0.3 is 5.97 Å². The van der Waals surface area contributed by atoms with Crippen molar-refractivity contribution in [2.75, 3.05) is 6.54 Å². The first-order valence-corrected chi connectivity index (χ1v) is 6.82. The van der Waals surface area contributed by atoms with Crippen molar-refractivity contribution in [1.82, 2.24) is 5.32 Å². The van der Waals surface area contributed by atoms with Crippen molar-refractivity contribution >= 4 is 11.9 Å². The lowest BCUT2D eigenvalue weighted by molar-refractivity contribution is -0.142. The van der Waals surface area contributed by atoms with Gasteiger partial charge in [0.2, 0.25) is 5.91 Å². The first kappa shape index (κ1) is 15.0. The monoisotopic (exact) mass is 256 g/mol. The molecule has 0 spiro atoms. The Bertz CT molecular complexity index is 294. The number of carbonyl (C=O) groups is 2. The molecule has 3 unspecified atom stereocenters. The summed E-state index contributed by atoms with van der Waals surface area (Å²) in [4.78, 5) is 22.9. The molecule has 0 aromatic rings. The van der Waals surface area contributed by atoms with E-state index in [0.29, 0.717) is 6.42 Å². The second kappa shape index (κ2) is 7.36. The van der Waals surface area contributed by atoms with Gasteiger partial charge in [-0.25, -0.2) is 0 Å². The Hall–Kier alpha value is -1.10. The Morgan fingerprint density at radius 2 is 2.06 bits per heavy atom. The van der Waals surface area contributed by atoms with E-state index in [0.717, 1.165) is 32.1 Å². The molecule has 0 aromatic heterocycles. The molecule has 4 N–H and O–H groups in total. The fourth-order valence-electron chi connectivity index (χ4n) is 2.50. The minimum Gasteiger partial charge on any atom is -0.481 e. The number of amides is 1. The SMILES string of the molecule is CCCC(CNC(=O)C1CCCCC1N)C(=O)O. The molecule has 18 heavy (non-hydrogen) atoms. The molecule has 3 atom stereocenters. The predicted octanol–water partition coefficient (Wildman–Crippen LogP) is 1.12. The Labute approximate surface area is 108 Å². The zero-order chi connectivity index (χ0) is 13.5. The minimum absolute atomic E-state index is 0.0757. The lowest BCUT2D eigenvalue weighted by atomic mass is 9.84. The molecule has 1 amide bonds. The third-order valence-corrected chi connectivity index (χ3v) is 3.67. The lowest BCUT2D eigenvalue weighted by Gasteiger charge is -2.27. The van der Waals surface area contributed by atoms with Crippen molar-refractivity contribution in [3.63, 3.8) is 0 Å². The summed E-state index contributed by atoms with van der Waals surface area (Å²) in [6.07, 6.45) is 5.21. The van der Waals surface area contributed by atoms with Gasteiger partial charge in [0.15, 0.2) is 0 Å². The standard InChI is InChI=1S/C13H24N2O3/c1-2-5-9(13(17)18)8-15-12(16)10-6-3-4-7-11(10)14/h9-11H,2-8,14H2,1H3,(H,15,16)(H,17,18). The average Bonchev–Trinajstić information content (AvgIpc) is 2.34. The molecule has 0 radical (unpaired) electrons. The lowest BCUT2D eigenvalue weighted by Crippen LogP contribution is -2.45. The molecule has 5 heteroatoms. The third kappa shape index (κ3) is 4.29. The van der Waals surface area contributed by atoms with E-state index < -0.39 is 11.9 Å². The van der Waals surface area contributed by atoms with Gasteiger partial charge in [-0.1, -0.05) is 26.2 Å². The van der Waals surface area contributed by atoms with E-state index in [2.05, 4.69) is 5.32 Å². The van der Waals surface area contributed by atoms with Crippen LogP contribution in [0.3, 0.4) is 0 Å². The van der Waals surface area contributed by atoms with E-state index in [4.69, 9.17) is 10.8 Å². The van der Waals surface area contributed by atoms with E-state index in [9.17, 15) is 9.59 Å². The summed E-state index contributed by atoms with van der Waals surface area (Å²) in [7, 11) is 0. The molecule has 0 saturated heterocycles. The summed E-state index contributed by atoms with van der Waals surface area (Å²) in [5.41, 5.74) is 5.93. The van der Waals surface area contributed by atoms with Gasteiger partial charge in [-0.2, -0.15) is 0 Å². The van der Waals surface area contributed by atoms with E-state index in [1.807, 2.05) is 6.92 Å². The summed E-state index contributed by atoms with van der Waals surface area (Å²) in [6.45, 7) is 2.15. The van der Waals surface area contributed by atoms with Crippen molar-refractivity contribution in [3.05, 3.63) is 0 Å². The smallest absolute Gasteiger partial charge is 0.308 e. The fourth-order valence-corrected chi connectivity index (χ4v) is 2.50. The van der Waals surface area contributed by atoms with Gasteiger partial charge in [0.1, 0.15) is 0 Å². The van der Waals surface area contributed by atoms with Gasteiger partial charge in [0, 0.05) is 12.6 Å². The molecule has 1 rings (SSSR count). The Balaban J connectivity index is 2.41. The normalized spacial score (nSPS) is 25.4. The summed E-state index contributed by atoms with van der Waals surface area (Å²) < 4.78 is 0. The molecule has 1 aliphatic carbocycles. The quantitative estimate of drug-likeness (QED) is 0.664. The van der Waals surface area contributed by atoms with Crippen LogP contribution in [-0.2, 0) is 9.59 Å². The molecule has 1 saturated carbocycles. The first-order chi connectivity index (χ1) is 8.56. The molecule has 5 nitrogen and oxygen atoms in total. The highest BCUT2D eigenvalue weighted by Crippen LogP contribution is 2.23. The van der Waals surface area contributed by atoms with Gasteiger partial charge in [0.25, 0.3) is 0 Å². The molecule has 0 aliphatic heterocycles. The number of nitrogens with one attached hydrogen (secondary N) is 1. The number of hydrogen-bond acceptors (Lipinski definition) is 3. The maximum Gasteiger partial charge on any atom is 0.308 e. The Morgan fingerprint density at radius 3 is 2.61 bits per heavy atom. The zero-order valence-electron chi connectivity index (χ0n) is 11.0. The van der Waals surface area contributed by atoms with Crippen LogP contribution >= 0.6 is 0 Å². The number of carboxylic acid groups (broad SMARTS) is 1. The number of hydrogen-bond donors (Lipinski definition) is 3. The molecule has 104 valence electrons. The maximum atomic E-state index is 12.0. The van der Waals surface area contributed by atoms with Crippen molar-refractivity contribution in [1.29, 1.82) is 0 Å². The Morgan fingerprint density at radius 1 is 1.39 bits per heavy atom. The molecule has 1 aliphatic rings. The number of aliphatic carboxylic acids is 1. The highest BCUT2D eigenvalue weighted by Gasteiger charge is 2.28. The molecular formula is C13H24N2O3. The topological polar surface area (TPSA) is 92.4 Å². The number of nitrogens with two attached hydrogens (primary N) is 1. The van der Waals surface area contributed by atoms with Gasteiger partial charge in [-0.3, -0.25) is 9.59 Å². The maximum absolute atomic E-state index is 12.0. The van der Waals surface area contributed by atoms with Crippen LogP contribution in [0.1, 0.15) is 45.4 Å². The molecule has 0 aromatic carbocycles. The largest absolute Gasteiger partial charge is 0.481 e. The molecule has 0 heterocycles. The number of rotatable bonds is 6. The van der Waals surface area contributed by atoms with E-state index >= 15 is 0 Å². The van der Waals surface area contributed by atoms with Crippen LogP contribution in [-0.4, -0.2) is 29.6 Å². The van der Waals surface area contributed by atoms with Crippen LogP contribution in [0.15, 0.2) is 0 Å². The van der Waals surface area contributed by atoms with E-state index in [1.165, 1.54) is 0 Å². The molecular weight excluding hydrogens is 232 g/mol. The first-order valence-electron chi connectivity index (χ1n) is 6.82. The highest BCUT2D eigenvalue weighted by molar-refractivity contribution is 5.80. The number of carbonyl (C=O) groups excluding carboxylic acids is 1. The van der Waals surface area contributed by atoms with Crippen molar-refractivity contribution in [2.45, 2.75) is 51.5 Å². The van der Waals surface area contributed by atoms with Gasteiger partial charge in [0.05, 0.1) is 11.8 Å². The third-order valence-electron chi connectivity index (χ3n) is 3.67. The van der Waals surface area contributed by atoms with Crippen LogP contribution < -0.4 is 11.1 Å². The van der Waals surface area contributed by atoms with Crippen LogP contribution in [0.5, 0.6) is 0 Å². The fraction of sp³-hybridized carbons (Fsp3) is 0.846. The van der Waals surface area contributed by atoms with Crippen LogP contribution in [0.25, 0.3) is 0 Å². The van der Waals surface area contributed by atoms with Crippen molar-refractivity contribution in [3.8, 4) is 0 Å². The average molecular weight is 256 g/mol. The molecule has 1 fully saturated rings. The van der Waals surface area contributed by atoms with Crippen molar-refractivity contribution < 1.29 is 14.7 Å². The molecule has 0 bridgehead atoms. The Kier molecular flexibility index (Phi) is 6.12. The van der Waals surface area contributed by atoms with Crippen molar-refractivity contribution in [2.24, 2.45) is 17.6 Å². The van der Waals surface area contributed by atoms with Crippen LogP contribution in [0.2, 0.25) is 0 Å². The second-order valence-corrected chi connectivity index (χ2v) is 5.12. The van der Waals surface area contributed by atoms with Gasteiger partial charge < -0.3 is 16.2 Å². The zero-order valence-corrected chi connectivity index (χ0v) is 11.0. The summed E-state index contributed by atoms with van der Waals surface area (Å²) in [5.74, 6) is -1.55. The predicted molar refractivity (Wildman–Crippen MR) is 69.0 cm³/mol. The van der Waals surface area contributed by atoms with Crippen LogP contribution in [0.4, 0.5) is 0 Å². The van der Waals surface area contributed by atoms with E-state index in [1.54, 1.807) is 0 Å².